The number of hydrogen-bond acceptors (Lipinski definition) is 5. The normalized spacial score (nSPS) is 16.4. The van der Waals surface area contributed by atoms with Gasteiger partial charge in [0, 0.05) is 24.5 Å². The van der Waals surface area contributed by atoms with Crippen molar-refractivity contribution >= 4 is 23.3 Å². The molecule has 0 radical (unpaired) electrons. The highest BCUT2D eigenvalue weighted by molar-refractivity contribution is 6.03. The Hall–Kier alpha value is -3.37. The second kappa shape index (κ2) is 7.81. The maximum absolute atomic E-state index is 14.0. The van der Waals surface area contributed by atoms with Crippen molar-refractivity contribution in [1.82, 2.24) is 10.4 Å². The summed E-state index contributed by atoms with van der Waals surface area (Å²) >= 11 is 0. The van der Waals surface area contributed by atoms with Gasteiger partial charge in [-0.05, 0) is 31.2 Å². The van der Waals surface area contributed by atoms with Gasteiger partial charge in [-0.1, -0.05) is 0 Å². The lowest BCUT2D eigenvalue weighted by Gasteiger charge is -2.28. The SMILES string of the molecule is COc1ccc(N(C)C(=O)C2CC(=O)NN2c2cc(C(F)(F)F)cc(C)n2)cc1F. The van der Waals surface area contributed by atoms with Crippen molar-refractivity contribution in [2.75, 3.05) is 24.1 Å². The van der Waals surface area contributed by atoms with Crippen LogP contribution in [-0.2, 0) is 15.8 Å². The molecule has 3 rings (SSSR count). The second-order valence-electron chi connectivity index (χ2n) is 6.69. The number of nitrogens with zero attached hydrogens (tertiary/aromatic N) is 3. The number of benzene rings is 1. The predicted octanol–water partition coefficient (Wildman–Crippen LogP) is 2.83. The average Bonchev–Trinajstić information content (AvgIpc) is 3.07. The molecule has 160 valence electrons. The van der Waals surface area contributed by atoms with Crippen molar-refractivity contribution in [3.05, 3.63) is 47.4 Å². The van der Waals surface area contributed by atoms with Crippen molar-refractivity contribution in [2.45, 2.75) is 25.6 Å². The van der Waals surface area contributed by atoms with Crippen molar-refractivity contribution in [2.24, 2.45) is 0 Å². The van der Waals surface area contributed by atoms with E-state index in [0.717, 1.165) is 28.1 Å². The molecule has 11 heteroatoms. The number of nitrogens with one attached hydrogen (secondary N) is 1. The van der Waals surface area contributed by atoms with Gasteiger partial charge < -0.3 is 9.64 Å². The molecular weight excluding hydrogens is 408 g/mol. The highest BCUT2D eigenvalue weighted by Gasteiger charge is 2.40. The van der Waals surface area contributed by atoms with Crippen LogP contribution in [0.15, 0.2) is 30.3 Å². The topological polar surface area (TPSA) is 74.8 Å². The number of carbonyl (C=O) groups excluding carboxylic acids is 2. The minimum atomic E-state index is -4.62. The van der Waals surface area contributed by atoms with Crippen LogP contribution in [0.1, 0.15) is 17.7 Å². The third-order valence-electron chi connectivity index (χ3n) is 4.59. The van der Waals surface area contributed by atoms with Gasteiger partial charge in [-0.15, -0.1) is 0 Å². The molecule has 1 aliphatic rings. The fraction of sp³-hybridized carbons (Fsp3) is 0.316. The molecule has 1 fully saturated rings. The van der Waals surface area contributed by atoms with E-state index in [1.54, 1.807) is 0 Å². The molecule has 0 bridgehead atoms. The Balaban J connectivity index is 1.93. The fourth-order valence-corrected chi connectivity index (χ4v) is 3.09. The Morgan fingerprint density at radius 3 is 2.60 bits per heavy atom. The molecule has 0 spiro atoms. The molecule has 2 aromatic rings. The summed E-state index contributed by atoms with van der Waals surface area (Å²) in [6, 6.07) is 4.32. The number of halogens is 4. The summed E-state index contributed by atoms with van der Waals surface area (Å²) in [5, 5.41) is 1.00. The summed E-state index contributed by atoms with van der Waals surface area (Å²) in [6.07, 6.45) is -4.91. The average molecular weight is 426 g/mol. The van der Waals surface area contributed by atoms with Crippen molar-refractivity contribution in [1.29, 1.82) is 0 Å². The lowest BCUT2D eigenvalue weighted by atomic mass is 10.1. The maximum atomic E-state index is 14.0. The van der Waals surface area contributed by atoms with Crippen LogP contribution in [0.2, 0.25) is 0 Å². The van der Waals surface area contributed by atoms with Gasteiger partial charge in [-0.25, -0.2) is 9.37 Å². The number of hydrazine groups is 1. The molecule has 0 aliphatic carbocycles. The van der Waals surface area contributed by atoms with Crippen LogP contribution in [0.25, 0.3) is 0 Å². The van der Waals surface area contributed by atoms with Gasteiger partial charge in [0.2, 0.25) is 5.91 Å². The first kappa shape index (κ1) is 21.3. The summed E-state index contributed by atoms with van der Waals surface area (Å²) in [6.45, 7) is 1.37. The molecule has 1 aliphatic heterocycles. The fourth-order valence-electron chi connectivity index (χ4n) is 3.09. The van der Waals surface area contributed by atoms with E-state index in [-0.39, 0.29) is 29.4 Å². The van der Waals surface area contributed by atoms with Crippen LogP contribution in [0.3, 0.4) is 0 Å². The minimum absolute atomic E-state index is 0.0115. The Morgan fingerprint density at radius 1 is 1.30 bits per heavy atom. The number of methoxy groups -OCH3 is 1. The number of anilines is 2. The van der Waals surface area contributed by atoms with E-state index in [0.29, 0.717) is 0 Å². The van der Waals surface area contributed by atoms with E-state index in [4.69, 9.17) is 4.74 Å². The quantitative estimate of drug-likeness (QED) is 0.762. The highest BCUT2D eigenvalue weighted by Crippen LogP contribution is 2.33. The number of rotatable bonds is 4. The van der Waals surface area contributed by atoms with Crippen LogP contribution in [0.5, 0.6) is 5.75 Å². The number of aryl methyl sites for hydroxylation is 1. The number of aromatic nitrogens is 1. The molecule has 2 amide bonds. The number of amides is 2. The van der Waals surface area contributed by atoms with Crippen molar-refractivity contribution in [3.63, 3.8) is 0 Å². The van der Waals surface area contributed by atoms with E-state index in [2.05, 4.69) is 10.4 Å². The first-order valence-corrected chi connectivity index (χ1v) is 8.77. The minimum Gasteiger partial charge on any atom is -0.494 e. The Morgan fingerprint density at radius 2 is 2.00 bits per heavy atom. The van der Waals surface area contributed by atoms with Gasteiger partial charge in [-0.3, -0.25) is 20.0 Å². The van der Waals surface area contributed by atoms with E-state index in [1.165, 1.54) is 33.2 Å². The molecule has 1 N–H and O–H groups in total. The molecule has 30 heavy (non-hydrogen) atoms. The van der Waals surface area contributed by atoms with E-state index < -0.39 is 35.4 Å². The largest absolute Gasteiger partial charge is 0.494 e. The molecule has 1 saturated heterocycles. The summed E-state index contributed by atoms with van der Waals surface area (Å²) in [7, 11) is 2.67. The summed E-state index contributed by atoms with van der Waals surface area (Å²) in [5.74, 6) is -2.11. The third-order valence-corrected chi connectivity index (χ3v) is 4.59. The number of likely N-dealkylation sites (N-methyl/N-ethyl adjacent to an activating group) is 1. The first-order chi connectivity index (χ1) is 14.0. The van der Waals surface area contributed by atoms with Crippen LogP contribution in [0, 0.1) is 12.7 Å². The lowest BCUT2D eigenvalue weighted by molar-refractivity contribution is -0.137. The monoisotopic (exact) mass is 426 g/mol. The zero-order chi connectivity index (χ0) is 22.2. The van der Waals surface area contributed by atoms with Crippen LogP contribution in [0.4, 0.5) is 29.1 Å². The van der Waals surface area contributed by atoms with E-state index >= 15 is 0 Å². The Labute approximate surface area is 169 Å². The number of carbonyl (C=O) groups is 2. The van der Waals surface area contributed by atoms with Gasteiger partial charge in [0.25, 0.3) is 5.91 Å². The smallest absolute Gasteiger partial charge is 0.416 e. The summed E-state index contributed by atoms with van der Waals surface area (Å²) < 4.78 is 58.3. The van der Waals surface area contributed by atoms with E-state index in [9.17, 15) is 27.2 Å². The van der Waals surface area contributed by atoms with Gasteiger partial charge >= 0.3 is 6.18 Å². The molecule has 2 heterocycles. The van der Waals surface area contributed by atoms with Gasteiger partial charge in [0.15, 0.2) is 11.6 Å². The molecule has 1 aromatic carbocycles. The molecule has 7 nitrogen and oxygen atoms in total. The summed E-state index contributed by atoms with van der Waals surface area (Å²) in [4.78, 5) is 30.1. The predicted molar refractivity (Wildman–Crippen MR) is 99.4 cm³/mol. The van der Waals surface area contributed by atoms with Gasteiger partial charge in [0.05, 0.1) is 19.1 Å². The van der Waals surface area contributed by atoms with Crippen molar-refractivity contribution < 1.29 is 31.9 Å². The standard InChI is InChI=1S/C19H18F4N4O3/c1-10-6-11(19(21,22)23)7-16(24-10)27-14(9-17(28)25-27)18(29)26(2)12-4-5-15(30-3)13(20)8-12/h4-8,14H,9H2,1-3H3,(H,25,28). The zero-order valence-electron chi connectivity index (χ0n) is 16.2. The number of hydrogen-bond donors (Lipinski definition) is 1. The number of ether oxygens (including phenoxy) is 1. The Kier molecular flexibility index (Phi) is 5.55. The zero-order valence-corrected chi connectivity index (χ0v) is 16.2. The molecule has 1 atom stereocenters. The maximum Gasteiger partial charge on any atom is 0.416 e. The summed E-state index contributed by atoms with van der Waals surface area (Å²) in [5.41, 5.74) is 1.66. The Bertz CT molecular complexity index is 996. The second-order valence-corrected chi connectivity index (χ2v) is 6.69. The molecule has 1 aromatic heterocycles. The number of alkyl halides is 3. The van der Waals surface area contributed by atoms with Crippen LogP contribution < -0.4 is 20.1 Å². The molecule has 0 saturated carbocycles. The molecule has 1 unspecified atom stereocenters. The molecular formula is C19H18F4N4O3. The van der Waals surface area contributed by atoms with Crippen LogP contribution in [-0.4, -0.2) is 37.0 Å². The first-order valence-electron chi connectivity index (χ1n) is 8.77. The van der Waals surface area contributed by atoms with Crippen LogP contribution >= 0.6 is 0 Å². The van der Waals surface area contributed by atoms with Gasteiger partial charge in [-0.2, -0.15) is 13.2 Å². The van der Waals surface area contributed by atoms with Crippen molar-refractivity contribution in [3.8, 4) is 5.75 Å². The lowest BCUT2D eigenvalue weighted by Crippen LogP contribution is -2.48. The number of pyridine rings is 1. The third kappa shape index (κ3) is 4.14. The highest BCUT2D eigenvalue weighted by atomic mass is 19.4. The van der Waals surface area contributed by atoms with Gasteiger partial charge in [0.1, 0.15) is 11.9 Å². The van der Waals surface area contributed by atoms with E-state index in [1.807, 2.05) is 0 Å².